The SMILES string of the molecule is Cc1cc(NC(=O)CCn2ncc(Br)c2C)nn1Cc1c(Cl)cccc1Cl. The highest BCUT2D eigenvalue weighted by atomic mass is 79.9. The summed E-state index contributed by atoms with van der Waals surface area (Å²) in [5.41, 5.74) is 2.68. The Morgan fingerprint density at radius 2 is 1.93 bits per heavy atom. The second-order valence-corrected chi connectivity index (χ2v) is 7.80. The third kappa shape index (κ3) is 4.72. The molecular formula is C18H18BrCl2N5O. The number of aromatic nitrogens is 4. The first kappa shape index (κ1) is 19.9. The van der Waals surface area contributed by atoms with Crippen molar-refractivity contribution in [1.29, 1.82) is 0 Å². The summed E-state index contributed by atoms with van der Waals surface area (Å²) in [5, 5.41) is 12.7. The lowest BCUT2D eigenvalue weighted by Crippen LogP contribution is -2.16. The molecule has 9 heteroatoms. The number of nitrogens with one attached hydrogen (secondary N) is 1. The van der Waals surface area contributed by atoms with Crippen LogP contribution in [0.4, 0.5) is 5.82 Å². The van der Waals surface area contributed by atoms with Crippen molar-refractivity contribution in [3.63, 3.8) is 0 Å². The van der Waals surface area contributed by atoms with Crippen LogP contribution in [0.1, 0.15) is 23.4 Å². The Kier molecular flexibility index (Phi) is 6.24. The van der Waals surface area contributed by atoms with Crippen LogP contribution < -0.4 is 5.32 Å². The fraction of sp³-hybridized carbons (Fsp3) is 0.278. The molecule has 3 aromatic rings. The van der Waals surface area contributed by atoms with Crippen LogP contribution in [0.2, 0.25) is 10.0 Å². The van der Waals surface area contributed by atoms with E-state index in [9.17, 15) is 4.79 Å². The Morgan fingerprint density at radius 3 is 2.56 bits per heavy atom. The van der Waals surface area contributed by atoms with Crippen molar-refractivity contribution in [1.82, 2.24) is 19.6 Å². The summed E-state index contributed by atoms with van der Waals surface area (Å²) >= 11 is 15.9. The predicted molar refractivity (Wildman–Crippen MR) is 110 cm³/mol. The van der Waals surface area contributed by atoms with Gasteiger partial charge in [0.15, 0.2) is 5.82 Å². The van der Waals surface area contributed by atoms with E-state index in [1.165, 1.54) is 0 Å². The van der Waals surface area contributed by atoms with Crippen LogP contribution in [-0.2, 0) is 17.9 Å². The maximum Gasteiger partial charge on any atom is 0.227 e. The zero-order chi connectivity index (χ0) is 19.6. The molecule has 0 spiro atoms. The van der Waals surface area contributed by atoms with E-state index in [1.54, 1.807) is 33.8 Å². The largest absolute Gasteiger partial charge is 0.309 e. The molecule has 0 bridgehead atoms. The fourth-order valence-electron chi connectivity index (χ4n) is 2.63. The number of rotatable bonds is 6. The molecular weight excluding hydrogens is 453 g/mol. The van der Waals surface area contributed by atoms with Crippen molar-refractivity contribution < 1.29 is 4.79 Å². The lowest BCUT2D eigenvalue weighted by molar-refractivity contribution is -0.116. The van der Waals surface area contributed by atoms with Crippen LogP contribution in [0.15, 0.2) is 34.9 Å². The quantitative estimate of drug-likeness (QED) is 0.560. The molecule has 3 rings (SSSR count). The third-order valence-corrected chi connectivity index (χ3v) is 5.70. The van der Waals surface area contributed by atoms with Gasteiger partial charge in [0.2, 0.25) is 5.91 Å². The van der Waals surface area contributed by atoms with Crippen LogP contribution in [0.5, 0.6) is 0 Å². The summed E-state index contributed by atoms with van der Waals surface area (Å²) in [7, 11) is 0. The number of hydrogen-bond acceptors (Lipinski definition) is 3. The smallest absolute Gasteiger partial charge is 0.227 e. The number of nitrogens with zero attached hydrogens (tertiary/aromatic N) is 4. The topological polar surface area (TPSA) is 64.7 Å². The highest BCUT2D eigenvalue weighted by Gasteiger charge is 2.12. The summed E-state index contributed by atoms with van der Waals surface area (Å²) in [6.07, 6.45) is 2.02. The van der Waals surface area contributed by atoms with Gasteiger partial charge in [-0.15, -0.1) is 0 Å². The molecule has 2 heterocycles. The summed E-state index contributed by atoms with van der Waals surface area (Å²) in [6.45, 7) is 4.79. The van der Waals surface area contributed by atoms with Gasteiger partial charge < -0.3 is 5.32 Å². The molecule has 142 valence electrons. The molecule has 0 aliphatic carbocycles. The molecule has 6 nitrogen and oxygen atoms in total. The van der Waals surface area contributed by atoms with Crippen molar-refractivity contribution >= 4 is 50.9 Å². The minimum Gasteiger partial charge on any atom is -0.309 e. The average molecular weight is 471 g/mol. The lowest BCUT2D eigenvalue weighted by Gasteiger charge is -2.08. The molecule has 27 heavy (non-hydrogen) atoms. The van der Waals surface area contributed by atoms with E-state index in [-0.39, 0.29) is 5.91 Å². The summed E-state index contributed by atoms with van der Waals surface area (Å²) in [6, 6.07) is 7.20. The van der Waals surface area contributed by atoms with Gasteiger partial charge in [-0.25, -0.2) is 0 Å². The van der Waals surface area contributed by atoms with Crippen molar-refractivity contribution in [2.75, 3.05) is 5.32 Å². The Hall–Kier alpha value is -1.83. The second kappa shape index (κ2) is 8.46. The number of benzene rings is 1. The van der Waals surface area contributed by atoms with Crippen molar-refractivity contribution in [3.05, 3.63) is 61.9 Å². The summed E-state index contributed by atoms with van der Waals surface area (Å²) < 4.78 is 4.47. The van der Waals surface area contributed by atoms with Crippen LogP contribution in [0.25, 0.3) is 0 Å². The van der Waals surface area contributed by atoms with Gasteiger partial charge in [0, 0.05) is 39.5 Å². The molecule has 0 unspecified atom stereocenters. The first-order valence-electron chi connectivity index (χ1n) is 8.30. The minimum atomic E-state index is -0.124. The lowest BCUT2D eigenvalue weighted by atomic mass is 10.2. The van der Waals surface area contributed by atoms with E-state index in [0.29, 0.717) is 35.4 Å². The number of anilines is 1. The van der Waals surface area contributed by atoms with Gasteiger partial charge in [-0.05, 0) is 41.9 Å². The molecule has 1 N–H and O–H groups in total. The molecule has 0 atom stereocenters. The van der Waals surface area contributed by atoms with E-state index >= 15 is 0 Å². The van der Waals surface area contributed by atoms with E-state index in [4.69, 9.17) is 23.2 Å². The van der Waals surface area contributed by atoms with Crippen molar-refractivity contribution in [2.45, 2.75) is 33.4 Å². The van der Waals surface area contributed by atoms with Crippen molar-refractivity contribution in [3.8, 4) is 0 Å². The van der Waals surface area contributed by atoms with Crippen LogP contribution in [0.3, 0.4) is 0 Å². The zero-order valence-electron chi connectivity index (χ0n) is 14.8. The van der Waals surface area contributed by atoms with E-state index in [1.807, 2.05) is 19.9 Å². The number of carbonyl (C=O) groups is 1. The molecule has 0 fully saturated rings. The molecule has 1 aromatic carbocycles. The number of amides is 1. The van der Waals surface area contributed by atoms with E-state index in [0.717, 1.165) is 21.4 Å². The van der Waals surface area contributed by atoms with Gasteiger partial charge in [0.1, 0.15) is 0 Å². The molecule has 1 amide bonds. The Labute approximate surface area is 175 Å². The summed E-state index contributed by atoms with van der Waals surface area (Å²) in [4.78, 5) is 12.2. The van der Waals surface area contributed by atoms with Gasteiger partial charge in [-0.2, -0.15) is 10.2 Å². The normalized spacial score (nSPS) is 11.0. The maximum absolute atomic E-state index is 12.2. The first-order valence-corrected chi connectivity index (χ1v) is 9.85. The van der Waals surface area contributed by atoms with Crippen LogP contribution in [0, 0.1) is 13.8 Å². The molecule has 0 aliphatic heterocycles. The van der Waals surface area contributed by atoms with Gasteiger partial charge in [0.05, 0.1) is 23.8 Å². The summed E-state index contributed by atoms with van der Waals surface area (Å²) in [5.74, 6) is 0.375. The number of aryl methyl sites for hydroxylation is 2. The third-order valence-electron chi connectivity index (χ3n) is 4.21. The molecule has 0 radical (unpaired) electrons. The molecule has 2 aromatic heterocycles. The van der Waals surface area contributed by atoms with Crippen molar-refractivity contribution in [2.24, 2.45) is 0 Å². The van der Waals surface area contributed by atoms with Gasteiger partial charge in [0.25, 0.3) is 0 Å². The molecule has 0 saturated carbocycles. The van der Waals surface area contributed by atoms with Crippen LogP contribution in [-0.4, -0.2) is 25.5 Å². The average Bonchev–Trinajstić information content (AvgIpc) is 3.12. The van der Waals surface area contributed by atoms with E-state index in [2.05, 4.69) is 31.4 Å². The Morgan fingerprint density at radius 1 is 1.22 bits per heavy atom. The zero-order valence-corrected chi connectivity index (χ0v) is 17.9. The Balaban J connectivity index is 1.64. The van der Waals surface area contributed by atoms with Gasteiger partial charge >= 0.3 is 0 Å². The van der Waals surface area contributed by atoms with Crippen LogP contribution >= 0.6 is 39.1 Å². The van der Waals surface area contributed by atoms with E-state index < -0.39 is 0 Å². The Bertz CT molecular complexity index is 962. The number of hydrogen-bond donors (Lipinski definition) is 1. The predicted octanol–water partition coefficient (Wildman–Crippen LogP) is 4.84. The molecule has 0 aliphatic rings. The van der Waals surface area contributed by atoms with Gasteiger partial charge in [-0.3, -0.25) is 14.2 Å². The first-order chi connectivity index (χ1) is 12.8. The second-order valence-electron chi connectivity index (χ2n) is 6.13. The fourth-order valence-corrected chi connectivity index (χ4v) is 3.44. The maximum atomic E-state index is 12.2. The highest BCUT2D eigenvalue weighted by molar-refractivity contribution is 9.10. The minimum absolute atomic E-state index is 0.124. The highest BCUT2D eigenvalue weighted by Crippen LogP contribution is 2.25. The monoisotopic (exact) mass is 469 g/mol. The number of carbonyl (C=O) groups excluding carboxylic acids is 1. The number of halogens is 3. The molecule has 0 saturated heterocycles. The van der Waals surface area contributed by atoms with Gasteiger partial charge in [-0.1, -0.05) is 29.3 Å². The standard InChI is InChI=1S/C18H18BrCl2N5O/c1-11-8-17(23-18(27)6-7-25-12(2)14(19)9-22-25)24-26(11)10-13-15(20)4-3-5-16(13)21/h3-5,8-9H,6-7,10H2,1-2H3,(H,23,24,27).